The molecular formula is C12H11ClN4O2. The second-order valence-corrected chi connectivity index (χ2v) is 4.20. The van der Waals surface area contributed by atoms with Gasteiger partial charge in [0.15, 0.2) is 0 Å². The molecule has 2 rings (SSSR count). The first-order valence-electron chi connectivity index (χ1n) is 5.43. The van der Waals surface area contributed by atoms with E-state index in [2.05, 4.69) is 17.0 Å². The van der Waals surface area contributed by atoms with E-state index in [0.29, 0.717) is 12.2 Å². The number of halogens is 1. The van der Waals surface area contributed by atoms with Crippen LogP contribution in [0.5, 0.6) is 0 Å². The van der Waals surface area contributed by atoms with Gasteiger partial charge in [-0.15, -0.1) is 0 Å². The zero-order chi connectivity index (χ0) is 13.8. The Labute approximate surface area is 114 Å². The van der Waals surface area contributed by atoms with Crippen LogP contribution >= 0.6 is 11.6 Å². The van der Waals surface area contributed by atoms with E-state index < -0.39 is 4.92 Å². The van der Waals surface area contributed by atoms with E-state index in [-0.39, 0.29) is 10.7 Å². The predicted octanol–water partition coefficient (Wildman–Crippen LogP) is 3.16. The number of aromatic nitrogens is 2. The van der Waals surface area contributed by atoms with Crippen molar-refractivity contribution in [2.45, 2.75) is 6.54 Å². The summed E-state index contributed by atoms with van der Waals surface area (Å²) in [5.41, 5.74) is 1.45. The number of hydrogen-bond donors (Lipinski definition) is 1. The van der Waals surface area contributed by atoms with E-state index in [1.165, 1.54) is 12.1 Å². The zero-order valence-electron chi connectivity index (χ0n) is 9.91. The van der Waals surface area contributed by atoms with Crippen molar-refractivity contribution in [1.29, 1.82) is 0 Å². The van der Waals surface area contributed by atoms with Gasteiger partial charge < -0.3 is 5.32 Å². The largest absolute Gasteiger partial charge is 0.381 e. The van der Waals surface area contributed by atoms with Gasteiger partial charge in [-0.1, -0.05) is 18.2 Å². The molecule has 1 heterocycles. The average Bonchev–Trinajstić information content (AvgIpc) is 2.85. The standard InChI is InChI=1S/C12H11ClN4O2/c1-2-16-8-9(7-15-16)6-14-10-3-4-11(13)12(5-10)17(18)19/h2-5,7-8,14H,1,6H2. The smallest absolute Gasteiger partial charge is 0.289 e. The molecular weight excluding hydrogens is 268 g/mol. The van der Waals surface area contributed by atoms with Crippen LogP contribution in [0, 0.1) is 10.1 Å². The fourth-order valence-corrected chi connectivity index (χ4v) is 1.72. The molecule has 1 aromatic heterocycles. The van der Waals surface area contributed by atoms with Crippen LogP contribution in [0.25, 0.3) is 6.20 Å². The third kappa shape index (κ3) is 3.11. The summed E-state index contributed by atoms with van der Waals surface area (Å²) in [4.78, 5) is 10.2. The molecule has 0 aliphatic rings. The Morgan fingerprint density at radius 3 is 3.00 bits per heavy atom. The van der Waals surface area contributed by atoms with Crippen LogP contribution in [0.15, 0.2) is 37.2 Å². The summed E-state index contributed by atoms with van der Waals surface area (Å²) in [5, 5.41) is 18.0. The minimum absolute atomic E-state index is 0.117. The fraction of sp³-hybridized carbons (Fsp3) is 0.0833. The highest BCUT2D eigenvalue weighted by atomic mass is 35.5. The van der Waals surface area contributed by atoms with Crippen molar-refractivity contribution >= 4 is 29.2 Å². The average molecular weight is 279 g/mol. The van der Waals surface area contributed by atoms with Crippen molar-refractivity contribution in [1.82, 2.24) is 9.78 Å². The first-order chi connectivity index (χ1) is 9.10. The molecule has 1 N–H and O–H groups in total. The van der Waals surface area contributed by atoms with E-state index in [0.717, 1.165) is 5.56 Å². The summed E-state index contributed by atoms with van der Waals surface area (Å²) in [6.45, 7) is 4.10. The van der Waals surface area contributed by atoms with E-state index in [1.807, 2.05) is 6.20 Å². The molecule has 6 nitrogen and oxygen atoms in total. The summed E-state index contributed by atoms with van der Waals surface area (Å²) >= 11 is 5.74. The van der Waals surface area contributed by atoms with Crippen LogP contribution in [0.4, 0.5) is 11.4 Å². The van der Waals surface area contributed by atoms with Crippen LogP contribution < -0.4 is 5.32 Å². The molecule has 0 saturated heterocycles. The van der Waals surface area contributed by atoms with Crippen LogP contribution in [-0.4, -0.2) is 14.7 Å². The number of nitrogens with one attached hydrogen (secondary N) is 1. The molecule has 0 spiro atoms. The van der Waals surface area contributed by atoms with E-state index in [1.54, 1.807) is 23.1 Å². The molecule has 2 aromatic rings. The lowest BCUT2D eigenvalue weighted by Crippen LogP contribution is -1.99. The molecule has 7 heteroatoms. The third-order valence-electron chi connectivity index (χ3n) is 2.48. The molecule has 0 radical (unpaired) electrons. The van der Waals surface area contributed by atoms with Crippen molar-refractivity contribution in [3.8, 4) is 0 Å². The maximum atomic E-state index is 10.8. The molecule has 0 bridgehead atoms. The molecule has 0 amide bonds. The topological polar surface area (TPSA) is 73.0 Å². The Kier molecular flexibility index (Phi) is 3.82. The maximum Gasteiger partial charge on any atom is 0.289 e. The number of hydrogen-bond acceptors (Lipinski definition) is 4. The number of nitro benzene ring substituents is 1. The monoisotopic (exact) mass is 278 g/mol. The van der Waals surface area contributed by atoms with Gasteiger partial charge in [0.2, 0.25) is 0 Å². The van der Waals surface area contributed by atoms with Crippen LogP contribution in [0.3, 0.4) is 0 Å². The zero-order valence-corrected chi connectivity index (χ0v) is 10.7. The van der Waals surface area contributed by atoms with Gasteiger partial charge in [0, 0.05) is 36.3 Å². The molecule has 19 heavy (non-hydrogen) atoms. The fourth-order valence-electron chi connectivity index (χ4n) is 1.54. The highest BCUT2D eigenvalue weighted by Crippen LogP contribution is 2.27. The molecule has 0 unspecified atom stereocenters. The molecule has 0 fully saturated rings. The molecule has 1 aromatic carbocycles. The summed E-state index contributed by atoms with van der Waals surface area (Å²) in [6, 6.07) is 4.59. The molecule has 0 saturated carbocycles. The van der Waals surface area contributed by atoms with Gasteiger partial charge >= 0.3 is 0 Å². The van der Waals surface area contributed by atoms with Gasteiger partial charge in [0.1, 0.15) is 5.02 Å². The maximum absolute atomic E-state index is 10.8. The van der Waals surface area contributed by atoms with Gasteiger partial charge in [-0.25, -0.2) is 4.68 Å². The summed E-state index contributed by atoms with van der Waals surface area (Å²) < 4.78 is 1.58. The predicted molar refractivity (Wildman–Crippen MR) is 74.0 cm³/mol. The van der Waals surface area contributed by atoms with Gasteiger partial charge in [-0.3, -0.25) is 10.1 Å². The Hall–Kier alpha value is -2.34. The number of benzene rings is 1. The Morgan fingerprint density at radius 1 is 1.58 bits per heavy atom. The van der Waals surface area contributed by atoms with Gasteiger partial charge in [0.05, 0.1) is 11.1 Å². The summed E-state index contributed by atoms with van der Waals surface area (Å²) in [5.74, 6) is 0. The van der Waals surface area contributed by atoms with Crippen molar-refractivity contribution in [2.24, 2.45) is 0 Å². The SMILES string of the molecule is C=Cn1cc(CNc2ccc(Cl)c([N+](=O)[O-])c2)cn1. The number of nitro groups is 1. The van der Waals surface area contributed by atoms with E-state index >= 15 is 0 Å². The first-order valence-corrected chi connectivity index (χ1v) is 5.81. The summed E-state index contributed by atoms with van der Waals surface area (Å²) in [6.07, 6.45) is 5.08. The van der Waals surface area contributed by atoms with E-state index in [4.69, 9.17) is 11.6 Å². The second-order valence-electron chi connectivity index (χ2n) is 3.79. The Bertz CT molecular complexity index is 624. The minimum atomic E-state index is -0.511. The quantitative estimate of drug-likeness (QED) is 0.673. The third-order valence-corrected chi connectivity index (χ3v) is 2.80. The second kappa shape index (κ2) is 5.53. The van der Waals surface area contributed by atoms with Crippen LogP contribution in [0.1, 0.15) is 5.56 Å². The molecule has 98 valence electrons. The molecule has 0 aliphatic heterocycles. The number of nitrogens with zero attached hydrogens (tertiary/aromatic N) is 3. The van der Waals surface area contributed by atoms with Gasteiger partial charge in [-0.2, -0.15) is 5.10 Å². The van der Waals surface area contributed by atoms with Crippen molar-refractivity contribution in [3.63, 3.8) is 0 Å². The Balaban J connectivity index is 2.09. The van der Waals surface area contributed by atoms with Crippen molar-refractivity contribution in [2.75, 3.05) is 5.32 Å². The normalized spacial score (nSPS) is 10.2. The van der Waals surface area contributed by atoms with Gasteiger partial charge in [-0.05, 0) is 12.1 Å². The Morgan fingerprint density at radius 2 is 2.37 bits per heavy atom. The number of anilines is 1. The summed E-state index contributed by atoms with van der Waals surface area (Å²) in [7, 11) is 0. The molecule has 0 atom stereocenters. The lowest BCUT2D eigenvalue weighted by atomic mass is 10.2. The van der Waals surface area contributed by atoms with E-state index in [9.17, 15) is 10.1 Å². The lowest BCUT2D eigenvalue weighted by Gasteiger charge is -2.05. The van der Waals surface area contributed by atoms with Crippen LogP contribution in [-0.2, 0) is 6.54 Å². The van der Waals surface area contributed by atoms with Crippen LogP contribution in [0.2, 0.25) is 5.02 Å². The van der Waals surface area contributed by atoms with Gasteiger partial charge in [0.25, 0.3) is 5.69 Å². The van der Waals surface area contributed by atoms with Crippen molar-refractivity contribution in [3.05, 3.63) is 57.9 Å². The minimum Gasteiger partial charge on any atom is -0.381 e. The van der Waals surface area contributed by atoms with Crippen molar-refractivity contribution < 1.29 is 4.92 Å². The first kappa shape index (κ1) is 13.1. The lowest BCUT2D eigenvalue weighted by molar-refractivity contribution is -0.384. The highest BCUT2D eigenvalue weighted by Gasteiger charge is 2.12. The number of rotatable bonds is 5. The highest BCUT2D eigenvalue weighted by molar-refractivity contribution is 6.32. The molecule has 0 aliphatic carbocycles.